The van der Waals surface area contributed by atoms with Crippen LogP contribution in [-0.2, 0) is 20.9 Å². The first-order chi connectivity index (χ1) is 13.6. The number of nitrogens with zero attached hydrogens (tertiary/aromatic N) is 2. The van der Waals surface area contributed by atoms with E-state index in [9.17, 15) is 9.59 Å². The molecule has 4 rings (SSSR count). The number of aryl methyl sites for hydroxylation is 1. The number of aromatic nitrogens is 1. The number of anilines is 1. The summed E-state index contributed by atoms with van der Waals surface area (Å²) in [7, 11) is 0. The van der Waals surface area contributed by atoms with Gasteiger partial charge < -0.3 is 9.47 Å². The van der Waals surface area contributed by atoms with E-state index in [1.165, 1.54) is 4.90 Å². The van der Waals surface area contributed by atoms with Crippen molar-refractivity contribution in [1.29, 1.82) is 0 Å². The lowest BCUT2D eigenvalue weighted by molar-refractivity contribution is -0.144. The van der Waals surface area contributed by atoms with Crippen molar-refractivity contribution in [2.24, 2.45) is 0 Å². The number of hydrogen-bond donors (Lipinski definition) is 0. The van der Waals surface area contributed by atoms with Crippen molar-refractivity contribution in [3.63, 3.8) is 0 Å². The molecule has 0 unspecified atom stereocenters. The van der Waals surface area contributed by atoms with Gasteiger partial charge in [-0.2, -0.15) is 0 Å². The highest BCUT2D eigenvalue weighted by Crippen LogP contribution is 2.36. The van der Waals surface area contributed by atoms with Crippen LogP contribution in [-0.4, -0.2) is 30.0 Å². The summed E-state index contributed by atoms with van der Waals surface area (Å²) in [4.78, 5) is 30.6. The molecule has 1 aromatic heterocycles. The van der Waals surface area contributed by atoms with Crippen molar-refractivity contribution in [1.82, 2.24) is 4.98 Å². The number of benzene rings is 2. The van der Waals surface area contributed by atoms with Crippen LogP contribution in [0.4, 0.5) is 5.69 Å². The topological polar surface area (TPSA) is 68.7 Å². The number of thiazole rings is 1. The van der Waals surface area contributed by atoms with E-state index in [1.54, 1.807) is 17.4 Å². The van der Waals surface area contributed by atoms with Crippen LogP contribution in [0.3, 0.4) is 0 Å². The van der Waals surface area contributed by atoms with Gasteiger partial charge in [-0.25, -0.2) is 4.98 Å². The molecule has 3 aromatic rings. The number of esters is 1. The summed E-state index contributed by atoms with van der Waals surface area (Å²) in [5, 5.41) is 2.92. The summed E-state index contributed by atoms with van der Waals surface area (Å²) in [6.07, 6.45) is 0. The summed E-state index contributed by atoms with van der Waals surface area (Å²) < 4.78 is 10.8. The number of fused-ring (bicyclic) bond motifs is 1. The Balaban J connectivity index is 1.53. The maximum Gasteiger partial charge on any atom is 0.326 e. The molecule has 0 spiro atoms. The molecular formula is C21H18N2O4S. The van der Waals surface area contributed by atoms with Gasteiger partial charge in [-0.3, -0.25) is 14.5 Å². The zero-order valence-corrected chi connectivity index (χ0v) is 16.1. The Hall–Kier alpha value is -3.19. The lowest BCUT2D eigenvalue weighted by Crippen LogP contribution is -2.42. The Morgan fingerprint density at radius 3 is 2.82 bits per heavy atom. The fraction of sp³-hybridized carbons (Fsp3) is 0.190. The SMILES string of the molecule is Cc1nc(-c2ccc3c(c2)N(CC(=O)OCc2ccccc2)C(=O)CO3)cs1. The number of hydrogen-bond acceptors (Lipinski definition) is 6. The summed E-state index contributed by atoms with van der Waals surface area (Å²) in [6.45, 7) is 1.84. The molecular weight excluding hydrogens is 376 g/mol. The minimum Gasteiger partial charge on any atom is -0.482 e. The van der Waals surface area contributed by atoms with Gasteiger partial charge >= 0.3 is 5.97 Å². The average molecular weight is 394 g/mol. The third-order valence-electron chi connectivity index (χ3n) is 4.35. The van der Waals surface area contributed by atoms with E-state index in [0.717, 1.165) is 21.8 Å². The maximum absolute atomic E-state index is 12.4. The zero-order valence-electron chi connectivity index (χ0n) is 15.3. The van der Waals surface area contributed by atoms with E-state index in [0.29, 0.717) is 11.4 Å². The van der Waals surface area contributed by atoms with Crippen LogP contribution in [0.25, 0.3) is 11.3 Å². The predicted octanol–water partition coefficient (Wildman–Crippen LogP) is 3.59. The number of amides is 1. The van der Waals surface area contributed by atoms with E-state index in [4.69, 9.17) is 9.47 Å². The molecule has 0 atom stereocenters. The molecule has 0 fully saturated rings. The molecule has 0 saturated heterocycles. The Morgan fingerprint density at radius 1 is 1.25 bits per heavy atom. The number of carbonyl (C=O) groups is 2. The van der Waals surface area contributed by atoms with Crippen LogP contribution < -0.4 is 9.64 Å². The molecule has 6 nitrogen and oxygen atoms in total. The first-order valence-electron chi connectivity index (χ1n) is 8.79. The van der Waals surface area contributed by atoms with Gasteiger partial charge in [-0.15, -0.1) is 11.3 Å². The van der Waals surface area contributed by atoms with E-state index in [2.05, 4.69) is 4.98 Å². The Labute approximate surface area is 166 Å². The highest BCUT2D eigenvalue weighted by atomic mass is 32.1. The molecule has 142 valence electrons. The smallest absolute Gasteiger partial charge is 0.326 e. The Morgan fingerprint density at radius 2 is 2.07 bits per heavy atom. The predicted molar refractivity (Wildman–Crippen MR) is 106 cm³/mol. The third kappa shape index (κ3) is 3.89. The van der Waals surface area contributed by atoms with E-state index in [1.807, 2.05) is 54.8 Å². The molecule has 0 saturated carbocycles. The largest absolute Gasteiger partial charge is 0.482 e. The van der Waals surface area contributed by atoms with Gasteiger partial charge in [-0.1, -0.05) is 30.3 Å². The monoisotopic (exact) mass is 394 g/mol. The van der Waals surface area contributed by atoms with Crippen LogP contribution in [0.5, 0.6) is 5.75 Å². The number of ether oxygens (including phenoxy) is 2. The summed E-state index contributed by atoms with van der Waals surface area (Å²) in [6, 6.07) is 14.9. The molecule has 0 radical (unpaired) electrons. The number of rotatable bonds is 5. The minimum absolute atomic E-state index is 0.103. The lowest BCUT2D eigenvalue weighted by Gasteiger charge is -2.29. The lowest BCUT2D eigenvalue weighted by atomic mass is 10.1. The average Bonchev–Trinajstić information content (AvgIpc) is 3.15. The Kier molecular flexibility index (Phi) is 5.08. The van der Waals surface area contributed by atoms with Gasteiger partial charge in [0.25, 0.3) is 5.91 Å². The van der Waals surface area contributed by atoms with Gasteiger partial charge in [0, 0.05) is 10.9 Å². The van der Waals surface area contributed by atoms with Crippen molar-refractivity contribution in [2.75, 3.05) is 18.1 Å². The van der Waals surface area contributed by atoms with Crippen molar-refractivity contribution in [2.45, 2.75) is 13.5 Å². The second-order valence-electron chi connectivity index (χ2n) is 6.35. The van der Waals surface area contributed by atoms with Crippen LogP contribution >= 0.6 is 11.3 Å². The van der Waals surface area contributed by atoms with E-state index < -0.39 is 5.97 Å². The van der Waals surface area contributed by atoms with Gasteiger partial charge in [-0.05, 0) is 30.7 Å². The highest BCUT2D eigenvalue weighted by molar-refractivity contribution is 7.09. The molecule has 7 heteroatoms. The number of carbonyl (C=O) groups excluding carboxylic acids is 2. The van der Waals surface area contributed by atoms with Crippen molar-refractivity contribution >= 4 is 28.9 Å². The van der Waals surface area contributed by atoms with Gasteiger partial charge in [0.1, 0.15) is 18.9 Å². The second-order valence-corrected chi connectivity index (χ2v) is 7.41. The van der Waals surface area contributed by atoms with Crippen molar-refractivity contribution < 1.29 is 19.1 Å². The highest BCUT2D eigenvalue weighted by Gasteiger charge is 2.28. The Bertz CT molecular complexity index is 1020. The molecule has 1 aliphatic heterocycles. The zero-order chi connectivity index (χ0) is 19.5. The molecule has 1 aliphatic rings. The molecule has 1 amide bonds. The third-order valence-corrected chi connectivity index (χ3v) is 5.12. The van der Waals surface area contributed by atoms with Gasteiger partial charge in [0.15, 0.2) is 6.61 Å². The molecule has 28 heavy (non-hydrogen) atoms. The van der Waals surface area contributed by atoms with Crippen molar-refractivity contribution in [3.8, 4) is 17.0 Å². The summed E-state index contributed by atoms with van der Waals surface area (Å²) >= 11 is 1.56. The fourth-order valence-electron chi connectivity index (χ4n) is 2.94. The van der Waals surface area contributed by atoms with Crippen LogP contribution in [0, 0.1) is 6.92 Å². The van der Waals surface area contributed by atoms with Gasteiger partial charge in [0.05, 0.1) is 16.4 Å². The van der Waals surface area contributed by atoms with Crippen LogP contribution in [0.1, 0.15) is 10.6 Å². The van der Waals surface area contributed by atoms with Crippen LogP contribution in [0.2, 0.25) is 0 Å². The maximum atomic E-state index is 12.4. The normalized spacial score (nSPS) is 13.0. The van der Waals surface area contributed by atoms with E-state index in [-0.39, 0.29) is 25.7 Å². The minimum atomic E-state index is -0.472. The fourth-order valence-corrected chi connectivity index (χ4v) is 3.57. The summed E-state index contributed by atoms with van der Waals surface area (Å²) in [5.41, 5.74) is 3.14. The standard InChI is InChI=1S/C21H18N2O4S/c1-14-22-17(13-28-14)16-7-8-19-18(9-16)23(20(24)12-26-19)10-21(25)27-11-15-5-3-2-4-6-15/h2-9,13H,10-12H2,1H3. The second kappa shape index (κ2) is 7.82. The molecule has 2 aromatic carbocycles. The molecule has 0 N–H and O–H groups in total. The summed E-state index contributed by atoms with van der Waals surface area (Å²) in [5.74, 6) is -0.193. The first kappa shape index (κ1) is 18.2. The van der Waals surface area contributed by atoms with Crippen LogP contribution in [0.15, 0.2) is 53.9 Å². The molecule has 0 bridgehead atoms. The van der Waals surface area contributed by atoms with Gasteiger partial charge in [0.2, 0.25) is 0 Å². The first-order valence-corrected chi connectivity index (χ1v) is 9.67. The quantitative estimate of drug-likeness (QED) is 0.619. The van der Waals surface area contributed by atoms with Crippen molar-refractivity contribution in [3.05, 3.63) is 64.5 Å². The van der Waals surface area contributed by atoms with E-state index >= 15 is 0 Å². The molecule has 0 aliphatic carbocycles. The molecule has 2 heterocycles.